The largest absolute Gasteiger partial charge is 0.506 e. The fraction of sp³-hybridized carbons (Fsp3) is 0.133. The summed E-state index contributed by atoms with van der Waals surface area (Å²) < 4.78 is 0. The molecule has 0 bridgehead atoms. The molecule has 0 radical (unpaired) electrons. The van der Waals surface area contributed by atoms with Gasteiger partial charge in [-0.25, -0.2) is 0 Å². The van der Waals surface area contributed by atoms with Gasteiger partial charge in [-0.2, -0.15) is 0 Å². The first-order valence-electron chi connectivity index (χ1n) is 6.05. The minimum absolute atomic E-state index is 0.0527. The number of phenols is 1. The number of nitrogen functional groups attached to an aromatic ring is 1. The maximum Gasteiger partial charge on any atom is 0.255 e. The molecule has 0 fully saturated rings. The van der Waals surface area contributed by atoms with Crippen LogP contribution in [0.1, 0.15) is 21.5 Å². The maximum atomic E-state index is 12.2. The molecular weight excluding hydrogens is 276 g/mol. The summed E-state index contributed by atoms with van der Waals surface area (Å²) in [5, 5.41) is 12.3. The zero-order valence-electron chi connectivity index (χ0n) is 11.2. The van der Waals surface area contributed by atoms with Crippen LogP contribution in [0.5, 0.6) is 5.75 Å². The standard InChI is InChI=1S/C15H15ClN2O2/c1-8-5-11(17)6-9(2)14(8)18-15(20)10-3-4-13(19)12(16)7-10/h3-7,19H,17H2,1-2H3,(H,18,20). The fourth-order valence-corrected chi connectivity index (χ4v) is 2.21. The van der Waals surface area contributed by atoms with Gasteiger partial charge in [0.1, 0.15) is 5.75 Å². The van der Waals surface area contributed by atoms with Crippen molar-refractivity contribution >= 4 is 28.9 Å². The Morgan fingerprint density at radius 3 is 2.35 bits per heavy atom. The van der Waals surface area contributed by atoms with Crippen LogP contribution in [-0.4, -0.2) is 11.0 Å². The first kappa shape index (κ1) is 14.2. The Hall–Kier alpha value is -2.20. The molecule has 0 saturated heterocycles. The number of carbonyl (C=O) groups excluding carboxylic acids is 1. The van der Waals surface area contributed by atoms with Gasteiger partial charge in [-0.3, -0.25) is 4.79 Å². The van der Waals surface area contributed by atoms with Crippen LogP contribution < -0.4 is 11.1 Å². The van der Waals surface area contributed by atoms with Crippen LogP contribution in [0.2, 0.25) is 5.02 Å². The Morgan fingerprint density at radius 1 is 1.20 bits per heavy atom. The lowest BCUT2D eigenvalue weighted by Gasteiger charge is -2.13. The number of hydrogen-bond acceptors (Lipinski definition) is 3. The molecule has 2 aromatic rings. The number of anilines is 2. The molecule has 0 saturated carbocycles. The van der Waals surface area contributed by atoms with Gasteiger partial charge < -0.3 is 16.2 Å². The Balaban J connectivity index is 2.30. The molecule has 4 nitrogen and oxygen atoms in total. The van der Waals surface area contributed by atoms with E-state index in [1.54, 1.807) is 12.1 Å². The Bertz CT molecular complexity index is 661. The lowest BCUT2D eigenvalue weighted by Crippen LogP contribution is -2.14. The molecule has 0 atom stereocenters. The highest BCUT2D eigenvalue weighted by Gasteiger charge is 2.12. The lowest BCUT2D eigenvalue weighted by atomic mass is 10.1. The number of nitrogens with one attached hydrogen (secondary N) is 1. The summed E-state index contributed by atoms with van der Waals surface area (Å²) in [5.41, 5.74) is 9.29. The van der Waals surface area contributed by atoms with E-state index in [4.69, 9.17) is 17.3 Å². The molecule has 0 aliphatic heterocycles. The molecule has 0 aromatic heterocycles. The fourth-order valence-electron chi connectivity index (χ4n) is 2.03. The van der Waals surface area contributed by atoms with Gasteiger partial charge in [-0.15, -0.1) is 0 Å². The van der Waals surface area contributed by atoms with E-state index in [9.17, 15) is 9.90 Å². The van der Waals surface area contributed by atoms with Gasteiger partial charge in [-0.1, -0.05) is 11.6 Å². The van der Waals surface area contributed by atoms with Crippen molar-refractivity contribution in [3.05, 3.63) is 52.0 Å². The third-order valence-electron chi connectivity index (χ3n) is 3.00. The molecule has 0 aliphatic rings. The van der Waals surface area contributed by atoms with E-state index < -0.39 is 0 Å². The molecule has 0 aliphatic carbocycles. The molecule has 2 aromatic carbocycles. The molecule has 4 N–H and O–H groups in total. The quantitative estimate of drug-likeness (QED) is 0.741. The van der Waals surface area contributed by atoms with E-state index in [0.29, 0.717) is 11.3 Å². The smallest absolute Gasteiger partial charge is 0.255 e. The summed E-state index contributed by atoms with van der Waals surface area (Å²) in [4.78, 5) is 12.2. The normalized spacial score (nSPS) is 10.3. The predicted octanol–water partition coefficient (Wildman–Crippen LogP) is 3.50. The Kier molecular flexibility index (Phi) is 3.86. The van der Waals surface area contributed by atoms with Crippen LogP contribution in [0.3, 0.4) is 0 Å². The third kappa shape index (κ3) is 2.86. The van der Waals surface area contributed by atoms with E-state index in [1.807, 2.05) is 13.8 Å². The van der Waals surface area contributed by atoms with Crippen molar-refractivity contribution in [2.24, 2.45) is 0 Å². The highest BCUT2D eigenvalue weighted by molar-refractivity contribution is 6.32. The number of carbonyl (C=O) groups is 1. The number of hydrogen-bond donors (Lipinski definition) is 3. The second-order valence-electron chi connectivity index (χ2n) is 4.65. The number of nitrogens with two attached hydrogens (primary N) is 1. The minimum atomic E-state index is -0.289. The summed E-state index contributed by atoms with van der Waals surface area (Å²) in [6.45, 7) is 3.76. The van der Waals surface area contributed by atoms with Gasteiger partial charge in [0.25, 0.3) is 5.91 Å². The maximum absolute atomic E-state index is 12.2. The number of aryl methyl sites for hydroxylation is 2. The van der Waals surface area contributed by atoms with Crippen LogP contribution in [0.15, 0.2) is 30.3 Å². The molecule has 20 heavy (non-hydrogen) atoms. The number of amides is 1. The van der Waals surface area contributed by atoms with Crippen molar-refractivity contribution in [1.29, 1.82) is 0 Å². The third-order valence-corrected chi connectivity index (χ3v) is 3.31. The Morgan fingerprint density at radius 2 is 1.80 bits per heavy atom. The van der Waals surface area contributed by atoms with E-state index in [1.165, 1.54) is 18.2 Å². The van der Waals surface area contributed by atoms with Gasteiger partial charge in [0.15, 0.2) is 0 Å². The SMILES string of the molecule is Cc1cc(N)cc(C)c1NC(=O)c1ccc(O)c(Cl)c1. The Labute approximate surface area is 122 Å². The van der Waals surface area contributed by atoms with Crippen molar-refractivity contribution in [1.82, 2.24) is 0 Å². The molecule has 104 valence electrons. The number of phenolic OH excluding ortho intramolecular Hbond substituents is 1. The van der Waals surface area contributed by atoms with Crippen LogP contribution in [0.4, 0.5) is 11.4 Å². The summed E-state index contributed by atoms with van der Waals surface area (Å²) >= 11 is 5.80. The van der Waals surface area contributed by atoms with Crippen molar-refractivity contribution < 1.29 is 9.90 Å². The number of benzene rings is 2. The van der Waals surface area contributed by atoms with Gasteiger partial charge in [0.05, 0.1) is 5.02 Å². The molecule has 0 spiro atoms. The number of halogens is 1. The molecule has 0 heterocycles. The van der Waals surface area contributed by atoms with Crippen molar-refractivity contribution in [2.75, 3.05) is 11.1 Å². The van der Waals surface area contributed by atoms with Gasteiger partial charge in [0.2, 0.25) is 0 Å². The summed E-state index contributed by atoms with van der Waals surface area (Å²) in [7, 11) is 0. The van der Waals surface area contributed by atoms with Gasteiger partial charge >= 0.3 is 0 Å². The number of rotatable bonds is 2. The first-order chi connectivity index (χ1) is 9.38. The van der Waals surface area contributed by atoms with Crippen LogP contribution in [0.25, 0.3) is 0 Å². The highest BCUT2D eigenvalue weighted by atomic mass is 35.5. The van der Waals surface area contributed by atoms with Crippen LogP contribution in [0, 0.1) is 13.8 Å². The van der Waals surface area contributed by atoms with E-state index >= 15 is 0 Å². The average molecular weight is 291 g/mol. The molecule has 2 rings (SSSR count). The van der Waals surface area contributed by atoms with E-state index in [-0.39, 0.29) is 16.7 Å². The summed E-state index contributed by atoms with van der Waals surface area (Å²) in [6, 6.07) is 7.92. The van der Waals surface area contributed by atoms with Gasteiger partial charge in [0, 0.05) is 16.9 Å². The second kappa shape index (κ2) is 5.43. The highest BCUT2D eigenvalue weighted by Crippen LogP contribution is 2.26. The van der Waals surface area contributed by atoms with Crippen molar-refractivity contribution in [3.63, 3.8) is 0 Å². The van der Waals surface area contributed by atoms with Crippen molar-refractivity contribution in [3.8, 4) is 5.75 Å². The molecule has 5 heteroatoms. The van der Waals surface area contributed by atoms with E-state index in [0.717, 1.165) is 16.8 Å². The minimum Gasteiger partial charge on any atom is -0.506 e. The van der Waals surface area contributed by atoms with Crippen LogP contribution in [-0.2, 0) is 0 Å². The average Bonchev–Trinajstić information content (AvgIpc) is 2.36. The molecular formula is C15H15ClN2O2. The molecule has 0 unspecified atom stereocenters. The summed E-state index contributed by atoms with van der Waals surface area (Å²) in [5.74, 6) is -0.342. The lowest BCUT2D eigenvalue weighted by molar-refractivity contribution is 0.102. The number of aromatic hydroxyl groups is 1. The van der Waals surface area contributed by atoms with Crippen molar-refractivity contribution in [2.45, 2.75) is 13.8 Å². The van der Waals surface area contributed by atoms with Crippen LogP contribution >= 0.6 is 11.6 Å². The van der Waals surface area contributed by atoms with E-state index in [2.05, 4.69) is 5.32 Å². The first-order valence-corrected chi connectivity index (χ1v) is 6.43. The topological polar surface area (TPSA) is 75.3 Å². The zero-order chi connectivity index (χ0) is 14.9. The predicted molar refractivity (Wildman–Crippen MR) is 81.4 cm³/mol. The van der Waals surface area contributed by atoms with Gasteiger partial charge in [-0.05, 0) is 55.3 Å². The molecule has 1 amide bonds. The zero-order valence-corrected chi connectivity index (χ0v) is 12.0. The monoisotopic (exact) mass is 290 g/mol. The second-order valence-corrected chi connectivity index (χ2v) is 5.06. The summed E-state index contributed by atoms with van der Waals surface area (Å²) in [6.07, 6.45) is 0.